The number of aliphatic imine (C=N–C) groups is 1. The topological polar surface area (TPSA) is 90.2 Å². The lowest BCUT2D eigenvalue weighted by molar-refractivity contribution is -0.113. The zero-order valence-electron chi connectivity index (χ0n) is 15.5. The van der Waals surface area contributed by atoms with Crippen molar-refractivity contribution >= 4 is 29.5 Å². The number of carbonyl (C=O) groups is 2. The number of halogens is 1. The number of hydrogen-bond donors (Lipinski definition) is 2. The lowest BCUT2D eigenvalue weighted by Gasteiger charge is -2.19. The zero-order chi connectivity index (χ0) is 21.3. The molecule has 30 heavy (non-hydrogen) atoms. The van der Waals surface area contributed by atoms with Gasteiger partial charge in [0.05, 0.1) is 5.69 Å². The number of amides is 1. The van der Waals surface area contributed by atoms with Crippen molar-refractivity contribution in [2.24, 2.45) is 4.99 Å². The Labute approximate surface area is 170 Å². The Hall–Kier alpha value is -4.26. The molecule has 0 saturated carbocycles. The van der Waals surface area contributed by atoms with Crippen molar-refractivity contribution in [3.8, 4) is 5.75 Å². The smallest absolute Gasteiger partial charge is 0.339 e. The second kappa shape index (κ2) is 7.63. The highest BCUT2D eigenvalue weighted by molar-refractivity contribution is 6.33. The molecule has 0 aromatic heterocycles. The van der Waals surface area contributed by atoms with Crippen LogP contribution in [0.3, 0.4) is 0 Å². The molecule has 0 aliphatic carbocycles. The van der Waals surface area contributed by atoms with Gasteiger partial charge in [0.2, 0.25) is 0 Å². The van der Waals surface area contributed by atoms with Crippen LogP contribution in [-0.2, 0) is 4.79 Å². The second-order valence-electron chi connectivity index (χ2n) is 6.53. The molecule has 1 aliphatic rings. The number of carbonyl (C=O) groups excluding carboxylic acids is 1. The van der Waals surface area contributed by atoms with Gasteiger partial charge in [-0.15, -0.1) is 0 Å². The summed E-state index contributed by atoms with van der Waals surface area (Å²) in [5, 5.41) is 19.2. The van der Waals surface area contributed by atoms with Crippen LogP contribution in [-0.4, -0.2) is 27.9 Å². The molecule has 0 radical (unpaired) electrons. The molecule has 0 saturated heterocycles. The van der Waals surface area contributed by atoms with Gasteiger partial charge in [-0.25, -0.2) is 14.2 Å². The second-order valence-corrected chi connectivity index (χ2v) is 6.53. The molecule has 1 amide bonds. The van der Waals surface area contributed by atoms with E-state index in [4.69, 9.17) is 5.11 Å². The van der Waals surface area contributed by atoms with E-state index in [-0.39, 0.29) is 22.8 Å². The quantitative estimate of drug-likeness (QED) is 0.644. The van der Waals surface area contributed by atoms with Crippen LogP contribution in [0.2, 0.25) is 0 Å². The third kappa shape index (κ3) is 3.56. The third-order valence-electron chi connectivity index (χ3n) is 4.54. The first-order valence-electron chi connectivity index (χ1n) is 8.96. The van der Waals surface area contributed by atoms with Gasteiger partial charge in [-0.3, -0.25) is 9.69 Å². The molecule has 0 fully saturated rings. The van der Waals surface area contributed by atoms with E-state index in [1.54, 1.807) is 24.3 Å². The van der Waals surface area contributed by atoms with Crippen molar-refractivity contribution in [1.82, 2.24) is 0 Å². The van der Waals surface area contributed by atoms with Crippen molar-refractivity contribution in [2.75, 3.05) is 4.90 Å². The molecule has 0 spiro atoms. The highest BCUT2D eigenvalue weighted by Crippen LogP contribution is 2.31. The predicted octanol–water partition coefficient (Wildman–Crippen LogP) is 4.06. The normalized spacial score (nSPS) is 14.8. The van der Waals surface area contributed by atoms with E-state index in [1.807, 2.05) is 6.07 Å². The van der Waals surface area contributed by atoms with Crippen LogP contribution < -0.4 is 4.90 Å². The maximum absolute atomic E-state index is 13.2. The number of hydrogen-bond acceptors (Lipinski definition) is 4. The molecule has 0 unspecified atom stereocenters. The number of benzene rings is 3. The maximum Gasteiger partial charge on any atom is 0.339 e. The highest BCUT2D eigenvalue weighted by atomic mass is 19.1. The summed E-state index contributed by atoms with van der Waals surface area (Å²) in [6, 6.07) is 18.5. The van der Waals surface area contributed by atoms with E-state index < -0.39 is 17.6 Å². The van der Waals surface area contributed by atoms with Gasteiger partial charge in [-0.1, -0.05) is 42.5 Å². The molecule has 148 valence electrons. The molecule has 3 aromatic rings. The van der Waals surface area contributed by atoms with E-state index in [0.717, 1.165) is 0 Å². The average Bonchev–Trinajstić information content (AvgIpc) is 3.06. The first-order chi connectivity index (χ1) is 14.4. The fourth-order valence-corrected chi connectivity index (χ4v) is 3.09. The molecule has 2 N–H and O–H groups in total. The van der Waals surface area contributed by atoms with E-state index in [2.05, 4.69) is 4.99 Å². The minimum absolute atomic E-state index is 0.127. The fourth-order valence-electron chi connectivity index (χ4n) is 3.09. The van der Waals surface area contributed by atoms with Crippen LogP contribution in [0.1, 0.15) is 21.5 Å². The molecule has 1 heterocycles. The number of aromatic hydroxyl groups is 1. The number of carboxylic acid groups (broad SMARTS) is 1. The molecule has 1 aliphatic heterocycles. The van der Waals surface area contributed by atoms with Crippen molar-refractivity contribution in [3.63, 3.8) is 0 Å². The van der Waals surface area contributed by atoms with Gasteiger partial charge in [0.1, 0.15) is 28.7 Å². The van der Waals surface area contributed by atoms with Crippen LogP contribution in [0.25, 0.3) is 6.08 Å². The van der Waals surface area contributed by atoms with E-state index in [9.17, 15) is 19.1 Å². The average molecular weight is 402 g/mol. The van der Waals surface area contributed by atoms with Crippen LogP contribution in [0.15, 0.2) is 83.5 Å². The molecule has 3 aromatic carbocycles. The summed E-state index contributed by atoms with van der Waals surface area (Å²) in [7, 11) is 0. The minimum atomic E-state index is -1.28. The Bertz CT molecular complexity index is 1200. The summed E-state index contributed by atoms with van der Waals surface area (Å²) in [6.07, 6.45) is 1.54. The van der Waals surface area contributed by atoms with Crippen molar-refractivity contribution in [2.45, 2.75) is 0 Å². The number of rotatable bonds is 4. The number of anilines is 1. The highest BCUT2D eigenvalue weighted by Gasteiger charge is 2.33. The maximum atomic E-state index is 13.2. The van der Waals surface area contributed by atoms with Crippen molar-refractivity contribution < 1.29 is 24.2 Å². The number of amidine groups is 1. The van der Waals surface area contributed by atoms with Gasteiger partial charge >= 0.3 is 5.97 Å². The summed E-state index contributed by atoms with van der Waals surface area (Å²) in [5.41, 5.74) is 1.39. The Kier molecular flexibility index (Phi) is 4.85. The van der Waals surface area contributed by atoms with Crippen LogP contribution in [0.5, 0.6) is 5.75 Å². The lowest BCUT2D eigenvalue weighted by Crippen LogP contribution is -2.32. The summed E-state index contributed by atoms with van der Waals surface area (Å²) in [4.78, 5) is 30.1. The van der Waals surface area contributed by atoms with Gasteiger partial charge in [-0.2, -0.15) is 0 Å². The van der Waals surface area contributed by atoms with Crippen LogP contribution in [0.4, 0.5) is 10.1 Å². The summed E-state index contributed by atoms with van der Waals surface area (Å²) in [5.74, 6) is -2.26. The third-order valence-corrected chi connectivity index (χ3v) is 4.54. The summed E-state index contributed by atoms with van der Waals surface area (Å²) >= 11 is 0. The SMILES string of the molecule is O=C(O)c1ccc(N2C(=O)/C(=C/c3ccc(F)cc3)N=C2c2ccccc2)cc1O. The van der Waals surface area contributed by atoms with Gasteiger partial charge in [0, 0.05) is 11.6 Å². The molecular formula is C23H15FN2O4. The standard InChI is InChI=1S/C23H15FN2O4/c24-16-8-6-14(7-9-16)12-19-22(28)26(21(25-19)15-4-2-1-3-5-15)17-10-11-18(23(29)30)20(27)13-17/h1-13,27H,(H,29,30)/b19-12-. The predicted molar refractivity (Wildman–Crippen MR) is 110 cm³/mol. The molecule has 7 heteroatoms. The fraction of sp³-hybridized carbons (Fsp3) is 0. The minimum Gasteiger partial charge on any atom is -0.507 e. The van der Waals surface area contributed by atoms with E-state index in [1.165, 1.54) is 53.4 Å². The Morgan fingerprint density at radius 1 is 1.00 bits per heavy atom. The molecule has 0 bridgehead atoms. The van der Waals surface area contributed by atoms with Gasteiger partial charge < -0.3 is 10.2 Å². The molecule has 0 atom stereocenters. The van der Waals surface area contributed by atoms with Crippen LogP contribution >= 0.6 is 0 Å². The number of carboxylic acids is 1. The Morgan fingerprint density at radius 2 is 1.70 bits per heavy atom. The number of aromatic carboxylic acids is 1. The van der Waals surface area contributed by atoms with Crippen LogP contribution in [0, 0.1) is 5.82 Å². The summed E-state index contributed by atoms with van der Waals surface area (Å²) in [6.45, 7) is 0. The van der Waals surface area contributed by atoms with Crippen molar-refractivity contribution in [3.05, 3.63) is 101 Å². The van der Waals surface area contributed by atoms with Gasteiger partial charge in [-0.05, 0) is 35.9 Å². The Morgan fingerprint density at radius 3 is 2.33 bits per heavy atom. The van der Waals surface area contributed by atoms with Crippen molar-refractivity contribution in [1.29, 1.82) is 0 Å². The Balaban J connectivity index is 1.81. The van der Waals surface area contributed by atoms with E-state index >= 15 is 0 Å². The zero-order valence-corrected chi connectivity index (χ0v) is 15.5. The summed E-state index contributed by atoms with van der Waals surface area (Å²) < 4.78 is 13.2. The monoisotopic (exact) mass is 402 g/mol. The first-order valence-corrected chi connectivity index (χ1v) is 8.96. The first kappa shape index (κ1) is 19.1. The van der Waals surface area contributed by atoms with Gasteiger partial charge in [0.25, 0.3) is 5.91 Å². The largest absolute Gasteiger partial charge is 0.507 e. The molecule has 6 nitrogen and oxygen atoms in total. The lowest BCUT2D eigenvalue weighted by atomic mass is 10.1. The molecular weight excluding hydrogens is 387 g/mol. The molecule has 4 rings (SSSR count). The number of phenols is 1. The van der Waals surface area contributed by atoms with E-state index in [0.29, 0.717) is 17.0 Å². The number of nitrogens with zero attached hydrogens (tertiary/aromatic N) is 2. The van der Waals surface area contributed by atoms with Gasteiger partial charge in [0.15, 0.2) is 0 Å².